The molecule has 6 heterocycles. The second-order valence-corrected chi connectivity index (χ2v) is 14.5. The Morgan fingerprint density at radius 1 is 0.635 bits per heavy atom. The molecule has 0 aliphatic carbocycles. The van der Waals surface area contributed by atoms with Crippen molar-refractivity contribution in [1.29, 1.82) is 0 Å². The minimum absolute atomic E-state index is 0.558. The van der Waals surface area contributed by atoms with Gasteiger partial charge >= 0.3 is 11.9 Å². The van der Waals surface area contributed by atoms with Crippen LogP contribution in [0.2, 0.25) is 10.0 Å². The van der Waals surface area contributed by atoms with Gasteiger partial charge < -0.3 is 39.3 Å². The predicted octanol–water partition coefficient (Wildman–Crippen LogP) is 7.38. The lowest BCUT2D eigenvalue weighted by Gasteiger charge is -2.34. The molecule has 12 nitrogen and oxygen atoms in total. The Morgan fingerprint density at radius 2 is 1.02 bits per heavy atom. The molecular weight excluding hydrogens is 747 g/mol. The van der Waals surface area contributed by atoms with Crippen molar-refractivity contribution in [2.75, 3.05) is 66.5 Å². The molecule has 2 aromatic heterocycles. The molecule has 272 valence electrons. The number of carboxylic acid groups (broad SMARTS) is 2. The number of halogens is 2. The van der Waals surface area contributed by atoms with Crippen LogP contribution in [-0.2, 0) is 9.59 Å². The number of nitrogens with zero attached hydrogens (tertiary/aromatic N) is 6. The highest BCUT2D eigenvalue weighted by Gasteiger charge is 2.27. The van der Waals surface area contributed by atoms with Crippen molar-refractivity contribution in [1.82, 2.24) is 19.6 Å². The van der Waals surface area contributed by atoms with Crippen LogP contribution in [0.4, 0.5) is 11.4 Å². The number of hydrogen-bond donors (Lipinski definition) is 2. The second kappa shape index (κ2) is 16.9. The monoisotopic (exact) mass is 782 g/mol. The number of benzene rings is 2. The minimum atomic E-state index is -1.26. The Balaban J connectivity index is 0.000000149. The van der Waals surface area contributed by atoms with Gasteiger partial charge in [-0.05, 0) is 50.5 Å². The molecule has 0 atom stereocenters. The summed E-state index contributed by atoms with van der Waals surface area (Å²) in [4.78, 5) is 38.2. The van der Waals surface area contributed by atoms with Gasteiger partial charge in [0, 0.05) is 96.1 Å². The Bertz CT molecular complexity index is 1870. The summed E-state index contributed by atoms with van der Waals surface area (Å²) in [6, 6.07) is 11.2. The lowest BCUT2D eigenvalue weighted by molar-refractivity contribution is -0.134. The lowest BCUT2D eigenvalue weighted by atomic mass is 10.2. The number of aliphatic carboxylic acids is 2. The first-order chi connectivity index (χ1) is 25.0. The first-order valence-corrected chi connectivity index (χ1v) is 18.9. The second-order valence-electron chi connectivity index (χ2n) is 12.2. The number of carboxylic acids is 2. The Hall–Kier alpha value is -4.44. The number of carbonyl (C=O) groups is 2. The van der Waals surface area contributed by atoms with Crippen molar-refractivity contribution in [3.63, 3.8) is 0 Å². The quantitative estimate of drug-likeness (QED) is 0.199. The molecule has 16 heteroatoms. The summed E-state index contributed by atoms with van der Waals surface area (Å²) in [6.45, 7) is 8.06. The van der Waals surface area contributed by atoms with Crippen LogP contribution in [0.3, 0.4) is 0 Å². The van der Waals surface area contributed by atoms with E-state index in [-0.39, 0.29) is 0 Å². The van der Waals surface area contributed by atoms with E-state index in [0.29, 0.717) is 22.2 Å². The van der Waals surface area contributed by atoms with Crippen molar-refractivity contribution in [2.24, 2.45) is 9.98 Å². The summed E-state index contributed by atoms with van der Waals surface area (Å²) in [6.07, 6.45) is 1.12. The zero-order valence-electron chi connectivity index (χ0n) is 28.4. The van der Waals surface area contributed by atoms with Gasteiger partial charge in [0.05, 0.1) is 11.1 Å². The average Bonchev–Trinajstić information content (AvgIpc) is 3.72. The van der Waals surface area contributed by atoms with Gasteiger partial charge in [-0.1, -0.05) is 23.2 Å². The van der Waals surface area contributed by atoms with E-state index in [1.54, 1.807) is 22.7 Å². The normalized spacial score (nSPS) is 16.8. The fourth-order valence-corrected chi connectivity index (χ4v) is 7.41. The largest absolute Gasteiger partial charge is 0.478 e. The van der Waals surface area contributed by atoms with Gasteiger partial charge in [-0.2, -0.15) is 0 Å². The topological polar surface area (TPSA) is 131 Å². The summed E-state index contributed by atoms with van der Waals surface area (Å²) in [5.74, 6) is 2.74. The van der Waals surface area contributed by atoms with Crippen molar-refractivity contribution < 1.29 is 29.3 Å². The van der Waals surface area contributed by atoms with Crippen molar-refractivity contribution in [3.05, 3.63) is 91.2 Å². The number of amidine groups is 2. The molecule has 0 amide bonds. The molecule has 4 aliphatic rings. The van der Waals surface area contributed by atoms with E-state index >= 15 is 0 Å². The van der Waals surface area contributed by atoms with E-state index in [1.165, 1.54) is 0 Å². The van der Waals surface area contributed by atoms with Gasteiger partial charge in [-0.15, -0.1) is 22.7 Å². The van der Waals surface area contributed by atoms with E-state index < -0.39 is 11.9 Å². The van der Waals surface area contributed by atoms with Crippen LogP contribution < -0.4 is 9.47 Å². The first-order valence-electron chi connectivity index (χ1n) is 16.3. The first kappa shape index (κ1) is 37.3. The average molecular weight is 784 g/mol. The highest BCUT2D eigenvalue weighted by Crippen LogP contribution is 2.42. The molecule has 0 bridgehead atoms. The van der Waals surface area contributed by atoms with Gasteiger partial charge in [0.2, 0.25) is 0 Å². The highest BCUT2D eigenvalue weighted by molar-refractivity contribution is 7.08. The lowest BCUT2D eigenvalue weighted by Crippen LogP contribution is -2.47. The van der Waals surface area contributed by atoms with Gasteiger partial charge in [0.25, 0.3) is 0 Å². The Kier molecular flexibility index (Phi) is 12.1. The van der Waals surface area contributed by atoms with Crippen LogP contribution >= 0.6 is 45.9 Å². The number of piperazine rings is 2. The molecule has 2 saturated heterocycles. The molecule has 0 saturated carbocycles. The number of fused-ring (bicyclic) bond motifs is 4. The summed E-state index contributed by atoms with van der Waals surface area (Å²) in [5, 5.41) is 25.3. The third-order valence-corrected chi connectivity index (χ3v) is 10.4. The summed E-state index contributed by atoms with van der Waals surface area (Å²) in [5.41, 5.74) is 3.73. The van der Waals surface area contributed by atoms with Gasteiger partial charge in [0.1, 0.15) is 34.5 Å². The zero-order valence-corrected chi connectivity index (χ0v) is 31.5. The molecular formula is C36H36Cl2N6O6S2. The molecule has 4 aliphatic heterocycles. The maximum Gasteiger partial charge on any atom is 0.328 e. The molecule has 0 spiro atoms. The van der Waals surface area contributed by atoms with Crippen LogP contribution in [0, 0.1) is 0 Å². The van der Waals surface area contributed by atoms with Crippen LogP contribution in [0.25, 0.3) is 0 Å². The van der Waals surface area contributed by atoms with Crippen LogP contribution in [0.5, 0.6) is 23.0 Å². The summed E-state index contributed by atoms with van der Waals surface area (Å²) < 4.78 is 12.1. The van der Waals surface area contributed by atoms with Crippen molar-refractivity contribution in [3.8, 4) is 23.0 Å². The van der Waals surface area contributed by atoms with E-state index in [9.17, 15) is 9.59 Å². The molecule has 2 fully saturated rings. The third kappa shape index (κ3) is 9.31. The number of aliphatic imine (C=N–C) groups is 2. The number of hydrogen-bond acceptors (Lipinski definition) is 12. The molecule has 8 rings (SSSR count). The number of rotatable bonds is 2. The zero-order chi connectivity index (χ0) is 36.8. The Morgan fingerprint density at radius 3 is 1.38 bits per heavy atom. The minimum Gasteiger partial charge on any atom is -0.478 e. The van der Waals surface area contributed by atoms with E-state index in [4.69, 9.17) is 52.9 Å². The Labute approximate surface area is 319 Å². The van der Waals surface area contributed by atoms with Crippen molar-refractivity contribution in [2.45, 2.75) is 0 Å². The summed E-state index contributed by atoms with van der Waals surface area (Å²) >= 11 is 15.5. The smallest absolute Gasteiger partial charge is 0.328 e. The maximum atomic E-state index is 9.55. The van der Waals surface area contributed by atoms with Gasteiger partial charge in [-0.25, -0.2) is 19.6 Å². The highest BCUT2D eigenvalue weighted by atomic mass is 35.5. The standard InChI is InChI=1S/2C16H16ClN3OS.C4H4O4/c2*1-19-4-6-20(7-5-19)16-12-9-22-10-15(12)21-14-3-2-11(17)8-13(14)18-16;5-3(6)1-2-4(7)8/h2*2-3,8-10H,4-7H2,1H3;1-2H,(H,5,6)(H,7,8)/b;;2-1+. The van der Waals surface area contributed by atoms with Crippen molar-refractivity contribution >= 4 is 80.9 Å². The SMILES string of the molecule is CN1CCN(C2=Nc3cc(Cl)ccc3Oc3cscc32)CC1.CN1CCN(C2=Nc3cc(Cl)ccc3Oc3cscc32)CC1.O=C(O)/C=C/C(=O)O. The van der Waals surface area contributed by atoms with Gasteiger partial charge in [0.15, 0.2) is 11.5 Å². The molecule has 0 radical (unpaired) electrons. The van der Waals surface area contributed by atoms with Crippen LogP contribution in [0.1, 0.15) is 11.1 Å². The number of likely N-dealkylation sites (N-methyl/N-ethyl adjacent to an activating group) is 2. The molecule has 0 unspecified atom stereocenters. The molecule has 4 aromatic rings. The van der Waals surface area contributed by atoms with Crippen LogP contribution in [-0.4, -0.2) is 120 Å². The molecule has 52 heavy (non-hydrogen) atoms. The predicted molar refractivity (Wildman–Crippen MR) is 207 cm³/mol. The van der Waals surface area contributed by atoms with E-state index in [1.807, 2.05) is 47.2 Å². The fraction of sp³-hybridized carbons (Fsp3) is 0.278. The number of thiophene rings is 2. The third-order valence-electron chi connectivity index (χ3n) is 8.44. The number of ether oxygens (including phenoxy) is 2. The van der Waals surface area contributed by atoms with Crippen LogP contribution in [0.15, 0.2) is 80.1 Å². The molecule has 2 N–H and O–H groups in total. The maximum absolute atomic E-state index is 9.55. The van der Waals surface area contributed by atoms with E-state index in [0.717, 1.165) is 110 Å². The van der Waals surface area contributed by atoms with Gasteiger partial charge in [-0.3, -0.25) is 0 Å². The van der Waals surface area contributed by atoms with E-state index in [2.05, 4.69) is 44.5 Å². The molecule has 2 aromatic carbocycles. The fourth-order valence-electron chi connectivity index (χ4n) is 5.63. The summed E-state index contributed by atoms with van der Waals surface area (Å²) in [7, 11) is 4.31.